The summed E-state index contributed by atoms with van der Waals surface area (Å²) in [6.07, 6.45) is 1.85. The Balaban J connectivity index is 1.40. The molecule has 0 aliphatic carbocycles. The van der Waals surface area contributed by atoms with Crippen LogP contribution in [0.5, 0.6) is 17.2 Å². The fraction of sp³-hybridized carbons (Fsp3) is 0.500. The second kappa shape index (κ2) is 11.0. The van der Waals surface area contributed by atoms with Gasteiger partial charge in [0.05, 0.1) is 13.2 Å². The average Bonchev–Trinajstić information content (AvgIpc) is 3.26. The van der Waals surface area contributed by atoms with Crippen molar-refractivity contribution >= 4 is 11.8 Å². The van der Waals surface area contributed by atoms with Crippen LogP contribution in [0.25, 0.3) is 0 Å². The van der Waals surface area contributed by atoms with Gasteiger partial charge in [0.15, 0.2) is 18.1 Å². The van der Waals surface area contributed by atoms with Gasteiger partial charge in [0.25, 0.3) is 11.8 Å². The molecule has 2 atom stereocenters. The Morgan fingerprint density at radius 2 is 1.86 bits per heavy atom. The molecule has 2 aromatic carbocycles. The van der Waals surface area contributed by atoms with Crippen molar-refractivity contribution in [3.8, 4) is 17.2 Å². The summed E-state index contributed by atoms with van der Waals surface area (Å²) in [5.74, 6) is 1.03. The standard InChI is InChI=1S/C28H35N3O6/c1-28(9-11-35-12-10-28)18-31-15-22-25(16-31)37-21-6-3-19(4-7-21)14-29-26(32)17-36-24-13-20(27(33)30-22)5-8-23(24)34-2/h3-8,13,22,25H,9-12,14-18H2,1-2H3,(H,29,32)(H,30,33)/t22-,25-/m0/s1. The van der Waals surface area contributed by atoms with Crippen LogP contribution < -0.4 is 24.8 Å². The van der Waals surface area contributed by atoms with Gasteiger partial charge in [-0.25, -0.2) is 0 Å². The number of methoxy groups -OCH3 is 1. The van der Waals surface area contributed by atoms with Crippen molar-refractivity contribution in [2.45, 2.75) is 38.5 Å². The fourth-order valence-electron chi connectivity index (χ4n) is 5.24. The molecule has 9 nitrogen and oxygen atoms in total. The van der Waals surface area contributed by atoms with E-state index in [1.165, 1.54) is 7.11 Å². The number of hydrogen-bond donors (Lipinski definition) is 2. The van der Waals surface area contributed by atoms with E-state index in [0.717, 1.165) is 50.5 Å². The quantitative estimate of drug-likeness (QED) is 0.656. The molecule has 0 spiro atoms. The molecule has 0 aromatic heterocycles. The predicted octanol–water partition coefficient (Wildman–Crippen LogP) is 2.38. The molecule has 2 saturated heterocycles. The van der Waals surface area contributed by atoms with E-state index < -0.39 is 0 Å². The molecule has 4 bridgehead atoms. The molecule has 0 saturated carbocycles. The Labute approximate surface area is 217 Å². The molecule has 9 heteroatoms. The van der Waals surface area contributed by atoms with Gasteiger partial charge in [-0.2, -0.15) is 0 Å². The number of benzene rings is 2. The van der Waals surface area contributed by atoms with E-state index in [9.17, 15) is 9.59 Å². The number of rotatable bonds is 3. The van der Waals surface area contributed by atoms with Gasteiger partial charge in [-0.15, -0.1) is 0 Å². The molecule has 4 aliphatic heterocycles. The maximum Gasteiger partial charge on any atom is 0.258 e. The minimum absolute atomic E-state index is 0.184. The van der Waals surface area contributed by atoms with Crippen LogP contribution in [0.4, 0.5) is 0 Å². The van der Waals surface area contributed by atoms with Crippen molar-refractivity contribution in [2.75, 3.05) is 46.6 Å². The van der Waals surface area contributed by atoms with Crippen LogP contribution in [-0.2, 0) is 16.1 Å². The van der Waals surface area contributed by atoms with E-state index in [1.807, 2.05) is 24.3 Å². The van der Waals surface area contributed by atoms with Gasteiger partial charge in [-0.1, -0.05) is 19.1 Å². The van der Waals surface area contributed by atoms with E-state index in [1.54, 1.807) is 18.2 Å². The van der Waals surface area contributed by atoms with E-state index >= 15 is 0 Å². The third-order valence-corrected chi connectivity index (χ3v) is 7.45. The first-order chi connectivity index (χ1) is 17.9. The van der Waals surface area contributed by atoms with Crippen LogP contribution in [-0.4, -0.2) is 75.4 Å². The SMILES string of the molecule is COc1ccc2cc1OCC(=O)NCc1ccc(cc1)O[C@H]1CN(CC3(C)CCOCC3)C[C@@H]1NC2=O. The van der Waals surface area contributed by atoms with Crippen molar-refractivity contribution in [1.82, 2.24) is 15.5 Å². The molecule has 2 amide bonds. The zero-order chi connectivity index (χ0) is 25.8. The van der Waals surface area contributed by atoms with E-state index in [4.69, 9.17) is 18.9 Å². The van der Waals surface area contributed by atoms with Crippen LogP contribution in [0, 0.1) is 5.41 Å². The van der Waals surface area contributed by atoms with Crippen molar-refractivity contribution < 1.29 is 28.5 Å². The Morgan fingerprint density at radius 1 is 1.08 bits per heavy atom. The van der Waals surface area contributed by atoms with E-state index in [-0.39, 0.29) is 36.0 Å². The number of nitrogens with one attached hydrogen (secondary N) is 2. The molecule has 198 valence electrons. The minimum Gasteiger partial charge on any atom is -0.493 e. The Hall–Kier alpha value is -3.30. The lowest BCUT2D eigenvalue weighted by Crippen LogP contribution is -2.45. The highest BCUT2D eigenvalue weighted by Crippen LogP contribution is 2.33. The van der Waals surface area contributed by atoms with Crippen LogP contribution in [0.2, 0.25) is 0 Å². The summed E-state index contributed by atoms with van der Waals surface area (Å²) in [5.41, 5.74) is 1.57. The highest BCUT2D eigenvalue weighted by molar-refractivity contribution is 5.95. The topological polar surface area (TPSA) is 98.4 Å². The van der Waals surface area contributed by atoms with Crippen LogP contribution in [0.3, 0.4) is 0 Å². The number of carbonyl (C=O) groups excluding carboxylic acids is 2. The molecule has 37 heavy (non-hydrogen) atoms. The summed E-state index contributed by atoms with van der Waals surface area (Å²) >= 11 is 0. The molecule has 4 aliphatic rings. The van der Waals surface area contributed by atoms with Gasteiger partial charge >= 0.3 is 0 Å². The molecule has 6 rings (SSSR count). The summed E-state index contributed by atoms with van der Waals surface area (Å²) in [6.45, 7) is 6.44. The van der Waals surface area contributed by atoms with Gasteiger partial charge in [0.2, 0.25) is 0 Å². The monoisotopic (exact) mass is 509 g/mol. The van der Waals surface area contributed by atoms with Gasteiger partial charge < -0.3 is 29.6 Å². The van der Waals surface area contributed by atoms with Crippen molar-refractivity contribution in [1.29, 1.82) is 0 Å². The van der Waals surface area contributed by atoms with E-state index in [2.05, 4.69) is 22.5 Å². The minimum atomic E-state index is -0.269. The van der Waals surface area contributed by atoms with Gasteiger partial charge in [0, 0.05) is 45.0 Å². The maximum atomic E-state index is 13.3. The number of ether oxygens (including phenoxy) is 4. The average molecular weight is 510 g/mol. The lowest BCUT2D eigenvalue weighted by molar-refractivity contribution is -0.123. The fourth-order valence-corrected chi connectivity index (χ4v) is 5.24. The second-order valence-corrected chi connectivity index (χ2v) is 10.4. The summed E-state index contributed by atoms with van der Waals surface area (Å²) in [7, 11) is 1.52. The number of amides is 2. The highest BCUT2D eigenvalue weighted by Gasteiger charge is 2.39. The summed E-state index contributed by atoms with van der Waals surface area (Å²) in [4.78, 5) is 28.1. The van der Waals surface area contributed by atoms with Crippen LogP contribution >= 0.6 is 0 Å². The summed E-state index contributed by atoms with van der Waals surface area (Å²) in [5, 5.41) is 6.05. The number of hydrogen-bond acceptors (Lipinski definition) is 7. The summed E-state index contributed by atoms with van der Waals surface area (Å²) < 4.78 is 23.1. The van der Waals surface area contributed by atoms with Gasteiger partial charge in [-0.3, -0.25) is 14.5 Å². The van der Waals surface area contributed by atoms with Crippen molar-refractivity contribution in [2.24, 2.45) is 5.41 Å². The molecule has 4 heterocycles. The third kappa shape index (κ3) is 6.17. The number of likely N-dealkylation sites (tertiary alicyclic amines) is 1. The number of nitrogens with zero attached hydrogens (tertiary/aromatic N) is 1. The molecule has 2 fully saturated rings. The first-order valence-corrected chi connectivity index (χ1v) is 12.8. The van der Waals surface area contributed by atoms with Gasteiger partial charge in [-0.05, 0) is 54.2 Å². The Bertz CT molecular complexity index is 1120. The number of fused-ring (bicyclic) bond motifs is 7. The second-order valence-electron chi connectivity index (χ2n) is 10.4. The largest absolute Gasteiger partial charge is 0.493 e. The lowest BCUT2D eigenvalue weighted by Gasteiger charge is -2.36. The van der Waals surface area contributed by atoms with Crippen molar-refractivity contribution in [3.63, 3.8) is 0 Å². The molecule has 2 aromatic rings. The zero-order valence-corrected chi connectivity index (χ0v) is 21.5. The Morgan fingerprint density at radius 3 is 2.62 bits per heavy atom. The van der Waals surface area contributed by atoms with E-state index in [0.29, 0.717) is 30.2 Å². The molecule has 2 N–H and O–H groups in total. The Kier molecular flexibility index (Phi) is 7.53. The maximum absolute atomic E-state index is 13.3. The highest BCUT2D eigenvalue weighted by atomic mass is 16.5. The summed E-state index contributed by atoms with van der Waals surface area (Å²) in [6, 6.07) is 12.5. The van der Waals surface area contributed by atoms with Crippen molar-refractivity contribution in [3.05, 3.63) is 53.6 Å². The zero-order valence-electron chi connectivity index (χ0n) is 21.5. The molecule has 0 unspecified atom stereocenters. The molecule has 0 radical (unpaired) electrons. The molecular weight excluding hydrogens is 474 g/mol. The van der Waals surface area contributed by atoms with Gasteiger partial charge in [0.1, 0.15) is 11.9 Å². The van der Waals surface area contributed by atoms with Crippen LogP contribution in [0.15, 0.2) is 42.5 Å². The first kappa shape index (κ1) is 25.4. The smallest absolute Gasteiger partial charge is 0.258 e. The molecular formula is C28H35N3O6. The lowest BCUT2D eigenvalue weighted by atomic mass is 9.82. The van der Waals surface area contributed by atoms with Crippen LogP contribution in [0.1, 0.15) is 35.7 Å². The number of carbonyl (C=O) groups is 2. The predicted molar refractivity (Wildman–Crippen MR) is 137 cm³/mol. The normalized spacial score (nSPS) is 24.2. The third-order valence-electron chi connectivity index (χ3n) is 7.45. The first-order valence-electron chi connectivity index (χ1n) is 12.8.